The third kappa shape index (κ3) is 6.97. The number of benzene rings is 2. The van der Waals surface area contributed by atoms with Crippen LogP contribution in [0.15, 0.2) is 42.5 Å². The van der Waals surface area contributed by atoms with Gasteiger partial charge in [-0.3, -0.25) is 14.9 Å². The lowest BCUT2D eigenvalue weighted by atomic mass is 10.1. The molecule has 0 fully saturated rings. The molecule has 0 heterocycles. The molecule has 0 aliphatic rings. The van der Waals surface area contributed by atoms with Gasteiger partial charge < -0.3 is 13.8 Å². The van der Waals surface area contributed by atoms with Gasteiger partial charge in [-0.05, 0) is 36.2 Å². The van der Waals surface area contributed by atoms with Crippen LogP contribution in [0.2, 0.25) is 5.02 Å². The first-order valence-corrected chi connectivity index (χ1v) is 11.0. The van der Waals surface area contributed by atoms with Crippen LogP contribution < -0.4 is 4.18 Å². The van der Waals surface area contributed by atoms with E-state index in [-0.39, 0.29) is 28.6 Å². The molecule has 1 amide bonds. The Labute approximate surface area is 179 Å². The third-order valence-electron chi connectivity index (χ3n) is 4.00. The Hall–Kier alpha value is -2.69. The third-order valence-corrected chi connectivity index (χ3v) is 4.81. The molecule has 0 bridgehead atoms. The Morgan fingerprint density at radius 3 is 2.43 bits per heavy atom. The Bertz CT molecular complexity index is 1010. The van der Waals surface area contributed by atoms with Crippen LogP contribution in [-0.2, 0) is 21.4 Å². The predicted molar refractivity (Wildman–Crippen MR) is 111 cm³/mol. The zero-order valence-electron chi connectivity index (χ0n) is 16.4. The number of halogens is 1. The van der Waals surface area contributed by atoms with Crippen LogP contribution in [0.1, 0.15) is 22.3 Å². The van der Waals surface area contributed by atoms with E-state index in [1.54, 1.807) is 19.2 Å². The quantitative estimate of drug-likeness (QED) is 0.233. The van der Waals surface area contributed by atoms with Gasteiger partial charge in [-0.25, -0.2) is 0 Å². The molecular formula is C19H21ClN2O7S. The Morgan fingerprint density at radius 1 is 1.20 bits per heavy atom. The molecule has 0 aliphatic heterocycles. The van der Waals surface area contributed by atoms with Crippen LogP contribution in [0.5, 0.6) is 5.75 Å². The number of ether oxygens (including phenoxy) is 1. The molecule has 11 heteroatoms. The number of hydrogen-bond donors (Lipinski definition) is 0. The molecule has 30 heavy (non-hydrogen) atoms. The number of rotatable bonds is 10. The summed E-state index contributed by atoms with van der Waals surface area (Å²) in [4.78, 5) is 25.0. The average Bonchev–Trinajstić information content (AvgIpc) is 2.67. The maximum absolute atomic E-state index is 13.0. The fourth-order valence-corrected chi connectivity index (χ4v) is 3.31. The first-order valence-electron chi connectivity index (χ1n) is 8.81. The predicted octanol–water partition coefficient (Wildman–Crippen LogP) is 3.27. The van der Waals surface area contributed by atoms with Gasteiger partial charge in [-0.15, -0.1) is 0 Å². The summed E-state index contributed by atoms with van der Waals surface area (Å²) < 4.78 is 32.3. The topological polar surface area (TPSA) is 116 Å². The van der Waals surface area contributed by atoms with Crippen LogP contribution in [0.4, 0.5) is 5.69 Å². The lowest BCUT2D eigenvalue weighted by Crippen LogP contribution is -2.32. The van der Waals surface area contributed by atoms with Crippen molar-refractivity contribution in [1.29, 1.82) is 0 Å². The summed E-state index contributed by atoms with van der Waals surface area (Å²) in [5.74, 6) is -0.242. The molecule has 0 atom stereocenters. The normalized spacial score (nSPS) is 11.2. The monoisotopic (exact) mass is 456 g/mol. The van der Waals surface area contributed by atoms with Crippen molar-refractivity contribution in [3.05, 3.63) is 68.7 Å². The lowest BCUT2D eigenvalue weighted by molar-refractivity contribution is -0.384. The minimum atomic E-state index is -3.64. The van der Waals surface area contributed by atoms with E-state index in [1.165, 1.54) is 29.2 Å². The fourth-order valence-electron chi connectivity index (χ4n) is 2.67. The lowest BCUT2D eigenvalue weighted by Gasteiger charge is -2.23. The van der Waals surface area contributed by atoms with E-state index in [4.69, 9.17) is 20.5 Å². The van der Waals surface area contributed by atoms with E-state index in [9.17, 15) is 23.3 Å². The zero-order valence-corrected chi connectivity index (χ0v) is 18.0. The standard InChI is InChI=1S/C19H21ClN2O7S/c1-28-11-3-10-21(13-14-4-7-16(8-5-14)29-30(2,26)27)19(23)15-6-9-17(20)18(12-15)22(24)25/h4-9,12H,3,10-11,13H2,1-2H3. The molecule has 0 aromatic heterocycles. The average molecular weight is 457 g/mol. The van der Waals surface area contributed by atoms with Crippen LogP contribution >= 0.6 is 11.6 Å². The number of hydrogen-bond acceptors (Lipinski definition) is 7. The molecule has 0 saturated carbocycles. The number of carbonyl (C=O) groups excluding carboxylic acids is 1. The fraction of sp³-hybridized carbons (Fsp3) is 0.316. The highest BCUT2D eigenvalue weighted by atomic mass is 35.5. The SMILES string of the molecule is COCCCN(Cc1ccc(OS(C)(=O)=O)cc1)C(=O)c1ccc(Cl)c([N+](=O)[O-])c1. The molecule has 0 unspecified atom stereocenters. The second-order valence-corrected chi connectivity index (χ2v) is 8.41. The van der Waals surface area contributed by atoms with Crippen molar-refractivity contribution in [1.82, 2.24) is 4.90 Å². The molecule has 162 valence electrons. The summed E-state index contributed by atoms with van der Waals surface area (Å²) in [5, 5.41) is 11.1. The molecule has 2 aromatic rings. The van der Waals surface area contributed by atoms with Crippen LogP contribution in [0.25, 0.3) is 0 Å². The summed E-state index contributed by atoms with van der Waals surface area (Å²) >= 11 is 5.83. The first kappa shape index (κ1) is 23.6. The zero-order chi connectivity index (χ0) is 22.3. The second-order valence-electron chi connectivity index (χ2n) is 6.43. The first-order chi connectivity index (χ1) is 14.1. The van der Waals surface area contributed by atoms with Gasteiger partial charge in [0.2, 0.25) is 0 Å². The van der Waals surface area contributed by atoms with E-state index in [1.807, 2.05) is 0 Å². The number of methoxy groups -OCH3 is 1. The van der Waals surface area contributed by atoms with Crippen molar-refractivity contribution in [3.63, 3.8) is 0 Å². The number of nitro benzene ring substituents is 1. The van der Waals surface area contributed by atoms with Gasteiger partial charge in [-0.1, -0.05) is 23.7 Å². The molecule has 0 N–H and O–H groups in total. The summed E-state index contributed by atoms with van der Waals surface area (Å²) in [7, 11) is -2.09. The van der Waals surface area contributed by atoms with Gasteiger partial charge in [0.25, 0.3) is 11.6 Å². The van der Waals surface area contributed by atoms with Crippen LogP contribution in [0.3, 0.4) is 0 Å². The molecule has 0 aliphatic carbocycles. The molecule has 0 radical (unpaired) electrons. The highest BCUT2D eigenvalue weighted by molar-refractivity contribution is 7.86. The van der Waals surface area contributed by atoms with Crippen LogP contribution in [0, 0.1) is 10.1 Å². The molecule has 0 saturated heterocycles. The maximum atomic E-state index is 13.0. The van der Waals surface area contributed by atoms with E-state index in [0.717, 1.165) is 17.9 Å². The minimum absolute atomic E-state index is 0.0519. The van der Waals surface area contributed by atoms with Crippen molar-refractivity contribution in [3.8, 4) is 5.75 Å². The van der Waals surface area contributed by atoms with Crippen molar-refractivity contribution in [2.24, 2.45) is 0 Å². The summed E-state index contributed by atoms with van der Waals surface area (Å²) in [5.41, 5.74) is 0.521. The number of amides is 1. The molecule has 2 aromatic carbocycles. The van der Waals surface area contributed by atoms with Gasteiger partial charge in [-0.2, -0.15) is 8.42 Å². The largest absolute Gasteiger partial charge is 0.385 e. The van der Waals surface area contributed by atoms with Crippen molar-refractivity contribution in [2.75, 3.05) is 26.5 Å². The Kier molecular flexibility index (Phi) is 8.16. The van der Waals surface area contributed by atoms with Crippen molar-refractivity contribution < 1.29 is 27.1 Å². The number of carbonyl (C=O) groups is 1. The smallest absolute Gasteiger partial charge is 0.306 e. The van der Waals surface area contributed by atoms with E-state index < -0.39 is 20.9 Å². The van der Waals surface area contributed by atoms with Gasteiger partial charge in [0.1, 0.15) is 10.8 Å². The van der Waals surface area contributed by atoms with Crippen LogP contribution in [-0.4, -0.2) is 50.7 Å². The molecule has 9 nitrogen and oxygen atoms in total. The van der Waals surface area contributed by atoms with Gasteiger partial charge in [0, 0.05) is 38.4 Å². The van der Waals surface area contributed by atoms with Gasteiger partial charge in [0.15, 0.2) is 0 Å². The second kappa shape index (κ2) is 10.4. The van der Waals surface area contributed by atoms with Gasteiger partial charge in [0.05, 0.1) is 11.2 Å². The van der Waals surface area contributed by atoms with E-state index in [2.05, 4.69) is 0 Å². The molecule has 0 spiro atoms. The summed E-state index contributed by atoms with van der Waals surface area (Å²) in [6.07, 6.45) is 1.51. The summed E-state index contributed by atoms with van der Waals surface area (Å²) in [6, 6.07) is 10.2. The minimum Gasteiger partial charge on any atom is -0.385 e. The van der Waals surface area contributed by atoms with E-state index >= 15 is 0 Å². The number of nitrogens with zero attached hydrogens (tertiary/aromatic N) is 2. The van der Waals surface area contributed by atoms with Gasteiger partial charge >= 0.3 is 10.1 Å². The van der Waals surface area contributed by atoms with Crippen molar-refractivity contribution in [2.45, 2.75) is 13.0 Å². The highest BCUT2D eigenvalue weighted by Crippen LogP contribution is 2.26. The highest BCUT2D eigenvalue weighted by Gasteiger charge is 2.21. The Morgan fingerprint density at radius 2 is 1.87 bits per heavy atom. The molecular weight excluding hydrogens is 436 g/mol. The van der Waals surface area contributed by atoms with E-state index in [0.29, 0.717) is 19.6 Å². The maximum Gasteiger partial charge on any atom is 0.306 e. The van der Waals surface area contributed by atoms with Crippen molar-refractivity contribution >= 4 is 33.3 Å². The molecule has 2 rings (SSSR count). The Balaban J connectivity index is 2.24. The number of nitro groups is 1. The summed E-state index contributed by atoms with van der Waals surface area (Å²) in [6.45, 7) is 0.995.